The van der Waals surface area contributed by atoms with Crippen LogP contribution in [0.4, 0.5) is 0 Å². The topological polar surface area (TPSA) is 29.1 Å². The minimum Gasteiger partial charge on any atom is -0.352 e. The van der Waals surface area contributed by atoms with E-state index in [9.17, 15) is 4.79 Å². The smallest absolute Gasteiger partial charge is 0.257 e. The minimum atomic E-state index is -0.0723. The fourth-order valence-corrected chi connectivity index (χ4v) is 0.995. The van der Waals surface area contributed by atoms with Gasteiger partial charge in [0.2, 0.25) is 0 Å². The second kappa shape index (κ2) is 7.22. The van der Waals surface area contributed by atoms with Crippen molar-refractivity contribution in [3.63, 3.8) is 0 Å². The van der Waals surface area contributed by atoms with E-state index in [4.69, 9.17) is 0 Å². The number of likely N-dealkylation sites (N-methyl/N-ethyl adjacent to an activating group) is 1. The summed E-state index contributed by atoms with van der Waals surface area (Å²) >= 11 is 4.08. The number of hydrogen-bond acceptors (Lipinski definition) is 2. The second-order valence-corrected chi connectivity index (χ2v) is 3.07. The van der Waals surface area contributed by atoms with Gasteiger partial charge in [-0.2, -0.15) is 0 Å². The van der Waals surface area contributed by atoms with Gasteiger partial charge in [0.1, 0.15) is 0 Å². The number of carbonyl (C=O) groups excluding carboxylic acids is 1. The number of hydrogen-bond donors (Lipinski definition) is 2. The van der Waals surface area contributed by atoms with Gasteiger partial charge in [-0.1, -0.05) is 25.8 Å². The summed E-state index contributed by atoms with van der Waals surface area (Å²) < 4.78 is 0. The van der Waals surface area contributed by atoms with Crippen LogP contribution < -0.4 is 5.32 Å². The standard InChI is InChI=1S/C9H17NOS/c1-3-5-6-7-8(12)9(11)10-4-2/h7,12H,3-6H2,1-2H3,(H,10,11). The van der Waals surface area contributed by atoms with Crippen molar-refractivity contribution >= 4 is 18.5 Å². The number of allylic oxidation sites excluding steroid dienone is 1. The normalized spacial score (nSPS) is 11.4. The van der Waals surface area contributed by atoms with Crippen LogP contribution in [0.15, 0.2) is 11.0 Å². The highest BCUT2D eigenvalue weighted by atomic mass is 32.1. The van der Waals surface area contributed by atoms with Gasteiger partial charge in [0.25, 0.3) is 5.91 Å². The molecule has 0 unspecified atom stereocenters. The quantitative estimate of drug-likeness (QED) is 0.385. The van der Waals surface area contributed by atoms with E-state index in [1.54, 1.807) is 0 Å². The summed E-state index contributed by atoms with van der Waals surface area (Å²) in [6.45, 7) is 4.67. The van der Waals surface area contributed by atoms with Gasteiger partial charge in [-0.25, -0.2) is 0 Å². The fraction of sp³-hybridized carbons (Fsp3) is 0.667. The predicted molar refractivity (Wildman–Crippen MR) is 55.3 cm³/mol. The van der Waals surface area contributed by atoms with Gasteiger partial charge < -0.3 is 5.32 Å². The average molecular weight is 187 g/mol. The van der Waals surface area contributed by atoms with Crippen LogP contribution >= 0.6 is 12.6 Å². The molecule has 3 heteroatoms. The number of unbranched alkanes of at least 4 members (excludes halogenated alkanes) is 2. The fourth-order valence-electron chi connectivity index (χ4n) is 0.787. The van der Waals surface area contributed by atoms with Crippen LogP contribution in [-0.2, 0) is 4.79 Å². The molecule has 0 radical (unpaired) electrons. The van der Waals surface area contributed by atoms with Gasteiger partial charge in [-0.3, -0.25) is 4.79 Å². The summed E-state index contributed by atoms with van der Waals surface area (Å²) in [6, 6.07) is 0. The lowest BCUT2D eigenvalue weighted by molar-refractivity contribution is -0.116. The summed E-state index contributed by atoms with van der Waals surface area (Å²) in [5.41, 5.74) is 0. The molecule has 12 heavy (non-hydrogen) atoms. The van der Waals surface area contributed by atoms with Gasteiger partial charge in [-0.05, 0) is 13.3 Å². The van der Waals surface area contributed by atoms with E-state index in [0.717, 1.165) is 19.3 Å². The second-order valence-electron chi connectivity index (χ2n) is 2.59. The molecule has 2 nitrogen and oxygen atoms in total. The lowest BCUT2D eigenvalue weighted by Crippen LogP contribution is -2.22. The Hall–Kier alpha value is -0.440. The molecule has 70 valence electrons. The molecule has 0 spiro atoms. The average Bonchev–Trinajstić information content (AvgIpc) is 2.05. The lowest BCUT2D eigenvalue weighted by Gasteiger charge is -2.00. The number of amides is 1. The van der Waals surface area contributed by atoms with E-state index in [-0.39, 0.29) is 5.91 Å². The number of carbonyl (C=O) groups is 1. The Balaban J connectivity index is 3.74. The molecule has 0 saturated carbocycles. The van der Waals surface area contributed by atoms with Gasteiger partial charge in [0, 0.05) is 6.54 Å². The van der Waals surface area contributed by atoms with Crippen LogP contribution in [0.2, 0.25) is 0 Å². The Morgan fingerprint density at radius 1 is 1.50 bits per heavy atom. The van der Waals surface area contributed by atoms with E-state index < -0.39 is 0 Å². The van der Waals surface area contributed by atoms with Crippen molar-refractivity contribution in [1.29, 1.82) is 0 Å². The maximum absolute atomic E-state index is 11.1. The molecule has 0 heterocycles. The van der Waals surface area contributed by atoms with E-state index >= 15 is 0 Å². The third kappa shape index (κ3) is 5.24. The highest BCUT2D eigenvalue weighted by Gasteiger charge is 2.00. The molecule has 0 aliphatic heterocycles. The van der Waals surface area contributed by atoms with Gasteiger partial charge in [0.15, 0.2) is 0 Å². The summed E-state index contributed by atoms with van der Waals surface area (Å²) in [5, 5.41) is 2.69. The van der Waals surface area contributed by atoms with E-state index in [2.05, 4.69) is 24.9 Å². The monoisotopic (exact) mass is 187 g/mol. The molecular formula is C9H17NOS. The maximum atomic E-state index is 11.1. The Morgan fingerprint density at radius 3 is 2.67 bits per heavy atom. The van der Waals surface area contributed by atoms with E-state index in [0.29, 0.717) is 11.4 Å². The van der Waals surface area contributed by atoms with Crippen molar-refractivity contribution in [3.8, 4) is 0 Å². The molecule has 0 aliphatic rings. The van der Waals surface area contributed by atoms with Crippen LogP contribution in [0, 0.1) is 0 Å². The Bertz CT molecular complexity index is 166. The zero-order valence-electron chi connectivity index (χ0n) is 7.76. The Morgan fingerprint density at radius 2 is 2.17 bits per heavy atom. The SMILES string of the molecule is CCCCC=C(S)C(=O)NCC. The zero-order chi connectivity index (χ0) is 9.40. The first-order valence-electron chi connectivity index (χ1n) is 4.39. The molecule has 0 bridgehead atoms. The summed E-state index contributed by atoms with van der Waals surface area (Å²) in [4.78, 5) is 11.6. The van der Waals surface area contributed by atoms with Crippen LogP contribution in [0.25, 0.3) is 0 Å². The van der Waals surface area contributed by atoms with Gasteiger partial charge in [-0.15, -0.1) is 12.6 Å². The highest BCUT2D eigenvalue weighted by Crippen LogP contribution is 2.04. The van der Waals surface area contributed by atoms with Crippen LogP contribution in [0.3, 0.4) is 0 Å². The number of nitrogens with one attached hydrogen (secondary N) is 1. The van der Waals surface area contributed by atoms with Crippen molar-refractivity contribution in [2.45, 2.75) is 33.1 Å². The largest absolute Gasteiger partial charge is 0.352 e. The first kappa shape index (κ1) is 11.6. The molecule has 0 saturated heterocycles. The molecule has 0 aromatic heterocycles. The third-order valence-corrected chi connectivity index (χ3v) is 1.85. The first-order chi connectivity index (χ1) is 5.72. The van der Waals surface area contributed by atoms with Crippen molar-refractivity contribution < 1.29 is 4.79 Å². The van der Waals surface area contributed by atoms with Gasteiger partial charge in [0.05, 0.1) is 4.91 Å². The molecule has 0 aromatic carbocycles. The summed E-state index contributed by atoms with van der Waals surface area (Å²) in [6.07, 6.45) is 5.07. The molecule has 0 aromatic rings. The Kier molecular flexibility index (Phi) is 6.96. The Labute approximate surface area is 79.8 Å². The molecule has 0 fully saturated rings. The molecule has 0 rings (SSSR count). The van der Waals surface area contributed by atoms with Crippen molar-refractivity contribution in [2.75, 3.05) is 6.54 Å². The first-order valence-corrected chi connectivity index (χ1v) is 4.84. The van der Waals surface area contributed by atoms with Crippen LogP contribution in [-0.4, -0.2) is 12.5 Å². The molecular weight excluding hydrogens is 170 g/mol. The summed E-state index contributed by atoms with van der Waals surface area (Å²) in [7, 11) is 0. The highest BCUT2D eigenvalue weighted by molar-refractivity contribution is 7.85. The third-order valence-electron chi connectivity index (χ3n) is 1.47. The minimum absolute atomic E-state index is 0.0723. The maximum Gasteiger partial charge on any atom is 0.257 e. The molecule has 1 amide bonds. The number of rotatable bonds is 5. The van der Waals surface area contributed by atoms with Gasteiger partial charge >= 0.3 is 0 Å². The van der Waals surface area contributed by atoms with E-state index in [1.165, 1.54) is 0 Å². The van der Waals surface area contributed by atoms with Crippen LogP contribution in [0.5, 0.6) is 0 Å². The lowest BCUT2D eigenvalue weighted by atomic mass is 10.2. The predicted octanol–water partition coefficient (Wildman–Crippen LogP) is 2.13. The van der Waals surface area contributed by atoms with Crippen molar-refractivity contribution in [1.82, 2.24) is 5.32 Å². The molecule has 1 N–H and O–H groups in total. The molecule has 0 aliphatic carbocycles. The molecule has 0 atom stereocenters. The van der Waals surface area contributed by atoms with Crippen molar-refractivity contribution in [2.24, 2.45) is 0 Å². The summed E-state index contributed by atoms with van der Waals surface area (Å²) in [5.74, 6) is -0.0723. The van der Waals surface area contributed by atoms with Crippen molar-refractivity contribution in [3.05, 3.63) is 11.0 Å². The number of thiol groups is 1. The zero-order valence-corrected chi connectivity index (χ0v) is 8.66. The van der Waals surface area contributed by atoms with E-state index in [1.807, 2.05) is 13.0 Å². The van der Waals surface area contributed by atoms with Crippen LogP contribution in [0.1, 0.15) is 33.1 Å².